The van der Waals surface area contributed by atoms with Crippen LogP contribution < -0.4 is 4.90 Å². The molecule has 5 heteroatoms. The second kappa shape index (κ2) is 6.24. The van der Waals surface area contributed by atoms with Gasteiger partial charge in [-0.1, -0.05) is 17.7 Å². The molecular formula is C16H22ClN3O. The molecular weight excluding hydrogens is 286 g/mol. The highest BCUT2D eigenvalue weighted by molar-refractivity contribution is 6.30. The van der Waals surface area contributed by atoms with Gasteiger partial charge in [-0.25, -0.2) is 0 Å². The summed E-state index contributed by atoms with van der Waals surface area (Å²) in [7, 11) is 2.05. The average molecular weight is 308 g/mol. The molecule has 2 heterocycles. The Labute approximate surface area is 131 Å². The molecule has 0 spiro atoms. The lowest BCUT2D eigenvalue weighted by molar-refractivity contribution is -0.135. The van der Waals surface area contributed by atoms with Crippen LogP contribution in [0.5, 0.6) is 0 Å². The minimum Gasteiger partial charge on any atom is -0.368 e. The van der Waals surface area contributed by atoms with Crippen LogP contribution in [0.2, 0.25) is 5.02 Å². The van der Waals surface area contributed by atoms with Crippen LogP contribution in [0.3, 0.4) is 0 Å². The van der Waals surface area contributed by atoms with Crippen LogP contribution in [0.1, 0.15) is 12.8 Å². The van der Waals surface area contributed by atoms with Crippen molar-refractivity contribution >= 4 is 23.2 Å². The molecule has 114 valence electrons. The zero-order valence-electron chi connectivity index (χ0n) is 12.5. The summed E-state index contributed by atoms with van der Waals surface area (Å²) in [6, 6.07) is 8.03. The number of benzene rings is 1. The normalized spacial score (nSPS) is 23.6. The Morgan fingerprint density at radius 3 is 2.57 bits per heavy atom. The lowest BCUT2D eigenvalue weighted by atomic mass is 10.1. The standard InChI is InChI=1S/C16H22ClN3O/c1-18-7-3-6-15(18)16(21)20-10-8-19(9-11-20)14-5-2-4-13(17)12-14/h2,4-5,12,15H,3,6-11H2,1H3. The van der Waals surface area contributed by atoms with Crippen LogP contribution in [-0.4, -0.2) is 61.5 Å². The molecule has 1 aromatic rings. The van der Waals surface area contributed by atoms with E-state index in [1.165, 1.54) is 0 Å². The molecule has 1 aromatic carbocycles. The maximum absolute atomic E-state index is 12.6. The number of carbonyl (C=O) groups excluding carboxylic acids is 1. The van der Waals surface area contributed by atoms with E-state index < -0.39 is 0 Å². The SMILES string of the molecule is CN1CCCC1C(=O)N1CCN(c2cccc(Cl)c2)CC1. The topological polar surface area (TPSA) is 26.8 Å². The highest BCUT2D eigenvalue weighted by atomic mass is 35.5. The predicted octanol–water partition coefficient (Wildman–Crippen LogP) is 2.08. The highest BCUT2D eigenvalue weighted by Crippen LogP contribution is 2.22. The summed E-state index contributed by atoms with van der Waals surface area (Å²) >= 11 is 6.05. The average Bonchev–Trinajstić information content (AvgIpc) is 2.93. The van der Waals surface area contributed by atoms with Crippen molar-refractivity contribution in [1.29, 1.82) is 0 Å². The summed E-state index contributed by atoms with van der Waals surface area (Å²) in [6.45, 7) is 4.40. The van der Waals surface area contributed by atoms with Crippen LogP contribution in [0.4, 0.5) is 5.69 Å². The summed E-state index contributed by atoms with van der Waals surface area (Å²) in [4.78, 5) is 19.1. The molecule has 0 aliphatic carbocycles. The van der Waals surface area contributed by atoms with Crippen LogP contribution in [0.25, 0.3) is 0 Å². The lowest BCUT2D eigenvalue weighted by Crippen LogP contribution is -2.53. The highest BCUT2D eigenvalue weighted by Gasteiger charge is 2.32. The molecule has 2 aliphatic rings. The Balaban J connectivity index is 1.59. The van der Waals surface area contributed by atoms with Gasteiger partial charge in [0.1, 0.15) is 0 Å². The first-order valence-corrected chi connectivity index (χ1v) is 8.02. The van der Waals surface area contributed by atoms with Crippen LogP contribution in [-0.2, 0) is 4.79 Å². The number of likely N-dealkylation sites (N-methyl/N-ethyl adjacent to an activating group) is 1. The van der Waals surface area contributed by atoms with E-state index in [1.807, 2.05) is 23.1 Å². The van der Waals surface area contributed by atoms with Crippen LogP contribution in [0, 0.1) is 0 Å². The summed E-state index contributed by atoms with van der Waals surface area (Å²) in [5.74, 6) is 0.306. The van der Waals surface area contributed by atoms with Crippen LogP contribution >= 0.6 is 11.6 Å². The third-order valence-corrected chi connectivity index (χ3v) is 4.81. The Morgan fingerprint density at radius 2 is 1.95 bits per heavy atom. The number of nitrogens with zero attached hydrogens (tertiary/aromatic N) is 3. The number of halogens is 1. The number of rotatable bonds is 2. The summed E-state index contributed by atoms with van der Waals surface area (Å²) in [5, 5.41) is 0.763. The van der Waals surface area contributed by atoms with Crippen molar-refractivity contribution in [2.24, 2.45) is 0 Å². The lowest BCUT2D eigenvalue weighted by Gasteiger charge is -2.38. The molecule has 2 aliphatic heterocycles. The van der Waals surface area contributed by atoms with Gasteiger partial charge in [0.05, 0.1) is 6.04 Å². The van der Waals surface area contributed by atoms with E-state index in [2.05, 4.69) is 22.9 Å². The third kappa shape index (κ3) is 3.16. The fourth-order valence-electron chi connectivity index (χ4n) is 3.29. The van der Waals surface area contributed by atoms with Gasteiger partial charge in [0, 0.05) is 36.9 Å². The quantitative estimate of drug-likeness (QED) is 0.837. The van der Waals surface area contributed by atoms with Crippen molar-refractivity contribution in [1.82, 2.24) is 9.80 Å². The van der Waals surface area contributed by atoms with Crippen molar-refractivity contribution in [3.63, 3.8) is 0 Å². The molecule has 2 saturated heterocycles. The van der Waals surface area contributed by atoms with Gasteiger partial charge in [-0.15, -0.1) is 0 Å². The molecule has 21 heavy (non-hydrogen) atoms. The minimum absolute atomic E-state index is 0.0997. The first-order chi connectivity index (χ1) is 10.1. The number of hydrogen-bond acceptors (Lipinski definition) is 3. The van der Waals surface area contributed by atoms with Gasteiger partial charge in [0.25, 0.3) is 0 Å². The Bertz CT molecular complexity index is 514. The van der Waals surface area contributed by atoms with Gasteiger partial charge in [-0.3, -0.25) is 9.69 Å². The monoisotopic (exact) mass is 307 g/mol. The van der Waals surface area contributed by atoms with Crippen molar-refractivity contribution < 1.29 is 4.79 Å². The van der Waals surface area contributed by atoms with Crippen molar-refractivity contribution in [2.75, 3.05) is 44.7 Å². The Morgan fingerprint density at radius 1 is 1.19 bits per heavy atom. The van der Waals surface area contributed by atoms with Crippen LogP contribution in [0.15, 0.2) is 24.3 Å². The zero-order valence-corrected chi connectivity index (χ0v) is 13.2. The molecule has 1 amide bonds. The molecule has 0 saturated carbocycles. The van der Waals surface area contributed by atoms with E-state index in [0.29, 0.717) is 5.91 Å². The van der Waals surface area contributed by atoms with E-state index in [1.54, 1.807) is 0 Å². The number of piperazine rings is 1. The maximum Gasteiger partial charge on any atom is 0.240 e. The number of carbonyl (C=O) groups is 1. The predicted molar refractivity (Wildman–Crippen MR) is 85.9 cm³/mol. The molecule has 1 atom stereocenters. The van der Waals surface area contributed by atoms with E-state index >= 15 is 0 Å². The molecule has 1 unspecified atom stereocenters. The molecule has 0 aromatic heterocycles. The number of amides is 1. The molecule has 2 fully saturated rings. The van der Waals surface area contributed by atoms with Gasteiger partial charge in [-0.2, -0.15) is 0 Å². The summed E-state index contributed by atoms with van der Waals surface area (Å²) < 4.78 is 0. The van der Waals surface area contributed by atoms with Gasteiger partial charge >= 0.3 is 0 Å². The Hall–Kier alpha value is -1.26. The maximum atomic E-state index is 12.6. The van der Waals surface area contributed by atoms with Crippen molar-refractivity contribution in [3.8, 4) is 0 Å². The fraction of sp³-hybridized carbons (Fsp3) is 0.562. The number of hydrogen-bond donors (Lipinski definition) is 0. The van der Waals surface area contributed by atoms with Gasteiger partial charge in [-0.05, 0) is 44.6 Å². The minimum atomic E-state index is 0.0997. The van der Waals surface area contributed by atoms with Crippen molar-refractivity contribution in [2.45, 2.75) is 18.9 Å². The summed E-state index contributed by atoms with van der Waals surface area (Å²) in [5.41, 5.74) is 1.15. The van der Waals surface area contributed by atoms with Gasteiger partial charge in [0.15, 0.2) is 0 Å². The molecule has 0 bridgehead atoms. The first kappa shape index (κ1) is 14.7. The summed E-state index contributed by atoms with van der Waals surface area (Å²) in [6.07, 6.45) is 2.14. The molecule has 4 nitrogen and oxygen atoms in total. The number of anilines is 1. The second-order valence-corrected chi connectivity index (χ2v) is 6.37. The molecule has 0 radical (unpaired) electrons. The second-order valence-electron chi connectivity index (χ2n) is 5.93. The molecule has 3 rings (SSSR count). The largest absolute Gasteiger partial charge is 0.368 e. The smallest absolute Gasteiger partial charge is 0.240 e. The van der Waals surface area contributed by atoms with Gasteiger partial charge < -0.3 is 9.80 Å². The van der Waals surface area contributed by atoms with Crippen molar-refractivity contribution in [3.05, 3.63) is 29.3 Å². The number of likely N-dealkylation sites (tertiary alicyclic amines) is 1. The Kier molecular flexibility index (Phi) is 4.36. The third-order valence-electron chi connectivity index (χ3n) is 4.57. The van der Waals surface area contributed by atoms with E-state index in [9.17, 15) is 4.79 Å². The van der Waals surface area contributed by atoms with E-state index in [4.69, 9.17) is 11.6 Å². The molecule has 0 N–H and O–H groups in total. The van der Waals surface area contributed by atoms with E-state index in [-0.39, 0.29) is 6.04 Å². The van der Waals surface area contributed by atoms with Gasteiger partial charge in [0.2, 0.25) is 5.91 Å². The zero-order chi connectivity index (χ0) is 14.8. The first-order valence-electron chi connectivity index (χ1n) is 7.65. The fourth-order valence-corrected chi connectivity index (χ4v) is 3.48. The van der Waals surface area contributed by atoms with E-state index in [0.717, 1.165) is 56.3 Å².